The first kappa shape index (κ1) is 16.0. The Balaban J connectivity index is 1.63. The summed E-state index contributed by atoms with van der Waals surface area (Å²) in [6, 6.07) is 15.1. The molecule has 2 heterocycles. The zero-order valence-electron chi connectivity index (χ0n) is 15.4. The SMILES string of the molecule is COc1ccc2c3c1OC1CC(c4ccccc4)C=CC31CCN(C)C2. The molecule has 1 spiro atoms. The highest BCUT2D eigenvalue weighted by Gasteiger charge is 2.52. The summed E-state index contributed by atoms with van der Waals surface area (Å²) in [6.07, 6.45) is 7.15. The second-order valence-electron chi connectivity index (χ2n) is 7.88. The maximum Gasteiger partial charge on any atom is 0.166 e. The molecule has 0 bridgehead atoms. The summed E-state index contributed by atoms with van der Waals surface area (Å²) in [5.74, 6) is 2.26. The lowest BCUT2D eigenvalue weighted by Crippen LogP contribution is -2.41. The number of nitrogens with zero attached hydrogens (tertiary/aromatic N) is 1. The fourth-order valence-corrected chi connectivity index (χ4v) is 5.04. The molecule has 0 fully saturated rings. The van der Waals surface area contributed by atoms with Crippen molar-refractivity contribution in [3.05, 3.63) is 71.3 Å². The molecule has 0 amide bonds. The van der Waals surface area contributed by atoms with E-state index in [1.54, 1.807) is 7.11 Å². The van der Waals surface area contributed by atoms with E-state index in [0.29, 0.717) is 5.92 Å². The van der Waals surface area contributed by atoms with E-state index in [0.717, 1.165) is 37.4 Å². The fraction of sp³-hybridized carbons (Fsp3) is 0.391. The van der Waals surface area contributed by atoms with Crippen LogP contribution in [-0.4, -0.2) is 31.7 Å². The molecule has 0 aromatic heterocycles. The van der Waals surface area contributed by atoms with E-state index in [2.05, 4.69) is 66.6 Å². The van der Waals surface area contributed by atoms with E-state index in [4.69, 9.17) is 9.47 Å². The van der Waals surface area contributed by atoms with Crippen LogP contribution in [0.1, 0.15) is 35.4 Å². The van der Waals surface area contributed by atoms with Crippen LogP contribution in [0.25, 0.3) is 0 Å². The van der Waals surface area contributed by atoms with Crippen LogP contribution >= 0.6 is 0 Å². The molecule has 1 aliphatic carbocycles. The average Bonchev–Trinajstić information content (AvgIpc) is 2.94. The van der Waals surface area contributed by atoms with Crippen molar-refractivity contribution in [3.8, 4) is 11.5 Å². The molecule has 3 heteroatoms. The molecule has 26 heavy (non-hydrogen) atoms. The van der Waals surface area contributed by atoms with Gasteiger partial charge >= 0.3 is 0 Å². The Kier molecular flexibility index (Phi) is 3.61. The highest BCUT2D eigenvalue weighted by Crippen LogP contribution is 2.57. The maximum atomic E-state index is 6.60. The summed E-state index contributed by atoms with van der Waals surface area (Å²) in [4.78, 5) is 2.42. The third-order valence-corrected chi connectivity index (χ3v) is 6.40. The lowest BCUT2D eigenvalue weighted by molar-refractivity contribution is 0.134. The molecule has 3 unspecified atom stereocenters. The Morgan fingerprint density at radius 2 is 2.00 bits per heavy atom. The Labute approximate surface area is 155 Å². The van der Waals surface area contributed by atoms with Crippen molar-refractivity contribution in [3.63, 3.8) is 0 Å². The van der Waals surface area contributed by atoms with Crippen LogP contribution in [0.3, 0.4) is 0 Å². The monoisotopic (exact) mass is 347 g/mol. The van der Waals surface area contributed by atoms with Gasteiger partial charge in [-0.25, -0.2) is 0 Å². The van der Waals surface area contributed by atoms with E-state index < -0.39 is 0 Å². The summed E-state index contributed by atoms with van der Waals surface area (Å²) in [5.41, 5.74) is 4.10. The van der Waals surface area contributed by atoms with Crippen LogP contribution in [0.4, 0.5) is 0 Å². The zero-order chi connectivity index (χ0) is 17.7. The van der Waals surface area contributed by atoms with Crippen molar-refractivity contribution >= 4 is 0 Å². The van der Waals surface area contributed by atoms with E-state index in [-0.39, 0.29) is 11.5 Å². The molecule has 134 valence electrons. The molecule has 2 aromatic carbocycles. The van der Waals surface area contributed by atoms with E-state index in [9.17, 15) is 0 Å². The highest BCUT2D eigenvalue weighted by atomic mass is 16.5. The number of benzene rings is 2. The number of methoxy groups -OCH3 is 1. The van der Waals surface area contributed by atoms with Gasteiger partial charge in [-0.3, -0.25) is 0 Å². The molecular weight excluding hydrogens is 322 g/mol. The first-order chi connectivity index (χ1) is 12.7. The average molecular weight is 347 g/mol. The minimum absolute atomic E-state index is 0.0186. The Bertz CT molecular complexity index is 860. The smallest absolute Gasteiger partial charge is 0.166 e. The van der Waals surface area contributed by atoms with Crippen molar-refractivity contribution in [2.75, 3.05) is 20.7 Å². The lowest BCUT2D eigenvalue weighted by Gasteiger charge is -2.37. The number of hydrogen-bond donors (Lipinski definition) is 0. The number of ether oxygens (including phenoxy) is 2. The van der Waals surface area contributed by atoms with E-state index in [1.165, 1.54) is 16.7 Å². The van der Waals surface area contributed by atoms with Gasteiger partial charge in [-0.15, -0.1) is 0 Å². The molecule has 0 saturated carbocycles. The zero-order valence-corrected chi connectivity index (χ0v) is 15.4. The van der Waals surface area contributed by atoms with Gasteiger partial charge in [0, 0.05) is 18.0 Å². The fourth-order valence-electron chi connectivity index (χ4n) is 5.04. The lowest BCUT2D eigenvalue weighted by atomic mass is 9.67. The van der Waals surface area contributed by atoms with Crippen LogP contribution in [0, 0.1) is 0 Å². The second-order valence-corrected chi connectivity index (χ2v) is 7.88. The van der Waals surface area contributed by atoms with Crippen molar-refractivity contribution < 1.29 is 9.47 Å². The Morgan fingerprint density at radius 3 is 2.81 bits per heavy atom. The minimum Gasteiger partial charge on any atom is -0.493 e. The normalized spacial score (nSPS) is 29.5. The Hall–Kier alpha value is -2.26. The van der Waals surface area contributed by atoms with Crippen LogP contribution in [0.2, 0.25) is 0 Å². The van der Waals surface area contributed by atoms with Gasteiger partial charge in [0.05, 0.1) is 12.5 Å². The predicted octanol–water partition coefficient (Wildman–Crippen LogP) is 4.27. The predicted molar refractivity (Wildman–Crippen MR) is 103 cm³/mol. The maximum absolute atomic E-state index is 6.60. The first-order valence-corrected chi connectivity index (χ1v) is 9.51. The second kappa shape index (κ2) is 5.88. The molecule has 3 atom stereocenters. The van der Waals surface area contributed by atoms with Gasteiger partial charge in [0.15, 0.2) is 11.5 Å². The molecule has 0 N–H and O–H groups in total. The van der Waals surface area contributed by atoms with Gasteiger partial charge in [-0.05, 0) is 43.6 Å². The summed E-state index contributed by atoms with van der Waals surface area (Å²) in [5, 5.41) is 0. The highest BCUT2D eigenvalue weighted by molar-refractivity contribution is 5.61. The van der Waals surface area contributed by atoms with Crippen LogP contribution < -0.4 is 9.47 Å². The van der Waals surface area contributed by atoms with Gasteiger partial charge in [0.1, 0.15) is 6.10 Å². The van der Waals surface area contributed by atoms with Crippen molar-refractivity contribution in [1.82, 2.24) is 4.90 Å². The molecular formula is C23H25NO2. The Morgan fingerprint density at radius 1 is 1.15 bits per heavy atom. The van der Waals surface area contributed by atoms with E-state index in [1.807, 2.05) is 0 Å². The molecule has 3 aliphatic rings. The van der Waals surface area contributed by atoms with Crippen LogP contribution in [-0.2, 0) is 12.0 Å². The molecule has 3 nitrogen and oxygen atoms in total. The van der Waals surface area contributed by atoms with Crippen molar-refractivity contribution in [2.45, 2.75) is 36.8 Å². The van der Waals surface area contributed by atoms with Gasteiger partial charge in [0.25, 0.3) is 0 Å². The summed E-state index contributed by atoms with van der Waals surface area (Å²) >= 11 is 0. The van der Waals surface area contributed by atoms with E-state index >= 15 is 0 Å². The number of allylic oxidation sites excluding steroid dienone is 1. The third kappa shape index (κ3) is 2.23. The summed E-state index contributed by atoms with van der Waals surface area (Å²) in [6.45, 7) is 2.05. The molecule has 5 rings (SSSR count). The topological polar surface area (TPSA) is 21.7 Å². The van der Waals surface area contributed by atoms with Gasteiger partial charge in [-0.1, -0.05) is 48.6 Å². The molecule has 0 saturated heterocycles. The van der Waals surface area contributed by atoms with Gasteiger partial charge < -0.3 is 14.4 Å². The van der Waals surface area contributed by atoms with Crippen LogP contribution in [0.15, 0.2) is 54.6 Å². The number of rotatable bonds is 2. The first-order valence-electron chi connectivity index (χ1n) is 9.51. The van der Waals surface area contributed by atoms with Crippen LogP contribution in [0.5, 0.6) is 11.5 Å². The van der Waals surface area contributed by atoms with Gasteiger partial charge in [0.2, 0.25) is 0 Å². The quantitative estimate of drug-likeness (QED) is 0.757. The summed E-state index contributed by atoms with van der Waals surface area (Å²) < 4.78 is 12.2. The standard InChI is InChI=1S/C23H25NO2/c1-24-13-12-23-11-10-17(16-6-4-3-5-7-16)14-20(23)26-22-19(25-2)9-8-18(15-24)21(22)23/h3-11,17,20H,12-15H2,1-2H3. The summed E-state index contributed by atoms with van der Waals surface area (Å²) in [7, 11) is 3.95. The largest absolute Gasteiger partial charge is 0.493 e. The van der Waals surface area contributed by atoms with Gasteiger partial charge in [-0.2, -0.15) is 0 Å². The van der Waals surface area contributed by atoms with Crippen molar-refractivity contribution in [1.29, 1.82) is 0 Å². The minimum atomic E-state index is -0.0186. The third-order valence-electron chi connectivity index (χ3n) is 6.40. The molecule has 2 aliphatic heterocycles. The van der Waals surface area contributed by atoms with Crippen molar-refractivity contribution in [2.24, 2.45) is 0 Å². The molecule has 0 radical (unpaired) electrons. The molecule has 2 aromatic rings. The number of hydrogen-bond acceptors (Lipinski definition) is 3.